The van der Waals surface area contributed by atoms with Crippen LogP contribution in [0.4, 0.5) is 17.1 Å². The molecule has 0 unspecified atom stereocenters. The zero-order valence-corrected chi connectivity index (χ0v) is 25.6. The number of aryl methyl sites for hydroxylation is 2. The number of rotatable bonds is 8. The molecule has 44 heavy (non-hydrogen) atoms. The summed E-state index contributed by atoms with van der Waals surface area (Å²) in [6.07, 6.45) is -0.541. The van der Waals surface area contributed by atoms with E-state index in [1.165, 1.54) is 6.07 Å². The quantitative estimate of drug-likeness (QED) is 0.199. The van der Waals surface area contributed by atoms with E-state index in [4.69, 9.17) is 4.74 Å². The molecule has 0 bridgehead atoms. The SMILES string of the molecule is COc1cccc([C@H]2N(Cc3ccccc3)c3ccc(S(=O)(=O)Nc4ccc(C)cc4)cc3C(=O)N2c2ccc(C)cc2)c1. The van der Waals surface area contributed by atoms with Crippen molar-refractivity contribution in [3.8, 4) is 5.75 Å². The first kappa shape index (κ1) is 29.0. The van der Waals surface area contributed by atoms with Crippen molar-refractivity contribution in [3.05, 3.63) is 149 Å². The molecule has 7 nitrogen and oxygen atoms in total. The fraction of sp³-hybridized carbons (Fsp3) is 0.139. The van der Waals surface area contributed by atoms with Gasteiger partial charge in [-0.1, -0.05) is 77.9 Å². The summed E-state index contributed by atoms with van der Waals surface area (Å²) in [6.45, 7) is 4.41. The Kier molecular flexibility index (Phi) is 7.84. The van der Waals surface area contributed by atoms with Crippen molar-refractivity contribution in [3.63, 3.8) is 0 Å². The Morgan fingerprint density at radius 3 is 2.14 bits per heavy atom. The zero-order valence-electron chi connectivity index (χ0n) is 24.8. The van der Waals surface area contributed by atoms with Gasteiger partial charge in [-0.15, -0.1) is 0 Å². The number of carbonyl (C=O) groups excluding carboxylic acids is 1. The third kappa shape index (κ3) is 5.76. The van der Waals surface area contributed by atoms with Crippen molar-refractivity contribution in [2.75, 3.05) is 21.6 Å². The summed E-state index contributed by atoms with van der Waals surface area (Å²) in [5, 5.41) is 0. The van der Waals surface area contributed by atoms with Gasteiger partial charge >= 0.3 is 0 Å². The number of amides is 1. The highest BCUT2D eigenvalue weighted by Crippen LogP contribution is 2.43. The van der Waals surface area contributed by atoms with Crippen LogP contribution in [-0.2, 0) is 16.6 Å². The van der Waals surface area contributed by atoms with E-state index in [1.807, 2.05) is 105 Å². The average Bonchev–Trinajstić information content (AvgIpc) is 3.04. The minimum Gasteiger partial charge on any atom is -0.497 e. The van der Waals surface area contributed by atoms with Gasteiger partial charge in [0.2, 0.25) is 0 Å². The number of sulfonamides is 1. The number of fused-ring (bicyclic) bond motifs is 1. The Morgan fingerprint density at radius 1 is 0.773 bits per heavy atom. The van der Waals surface area contributed by atoms with E-state index in [-0.39, 0.29) is 10.8 Å². The van der Waals surface area contributed by atoms with Crippen LogP contribution >= 0.6 is 0 Å². The molecular weight excluding hydrogens is 570 g/mol. The molecule has 0 saturated heterocycles. The maximum Gasteiger partial charge on any atom is 0.262 e. The smallest absolute Gasteiger partial charge is 0.262 e. The summed E-state index contributed by atoms with van der Waals surface area (Å²) in [6, 6.07) is 37.4. The number of carbonyl (C=O) groups is 1. The van der Waals surface area contributed by atoms with Crippen LogP contribution in [0.2, 0.25) is 0 Å². The van der Waals surface area contributed by atoms with Crippen LogP contribution in [0.15, 0.2) is 126 Å². The first-order chi connectivity index (χ1) is 21.2. The molecule has 0 fully saturated rings. The molecule has 1 heterocycles. The van der Waals surface area contributed by atoms with E-state index in [0.29, 0.717) is 34.9 Å². The standard InChI is InChI=1S/C36H33N3O4S/c1-25-12-16-29(17-13-25)37-44(41,42)32-20-21-34-33(23-32)36(40)39(30-18-14-26(2)15-19-30)35(28-10-7-11-31(22-28)43-3)38(34)24-27-8-5-4-6-9-27/h4-23,35,37H,24H2,1-3H3/t35-/m0/s1. The summed E-state index contributed by atoms with van der Waals surface area (Å²) in [5.41, 5.74) is 6.07. The Morgan fingerprint density at radius 2 is 1.45 bits per heavy atom. The predicted molar refractivity (Wildman–Crippen MR) is 175 cm³/mol. The van der Waals surface area contributed by atoms with E-state index in [0.717, 1.165) is 22.3 Å². The molecule has 1 atom stereocenters. The molecule has 0 spiro atoms. The topological polar surface area (TPSA) is 79.0 Å². The lowest BCUT2D eigenvalue weighted by Gasteiger charge is -2.46. The Hall–Kier alpha value is -5.08. The Bertz CT molecular complexity index is 1910. The third-order valence-corrected chi connectivity index (χ3v) is 9.16. The highest BCUT2D eigenvalue weighted by Gasteiger charge is 2.40. The Labute approximate surface area is 258 Å². The van der Waals surface area contributed by atoms with Crippen LogP contribution in [0.25, 0.3) is 0 Å². The van der Waals surface area contributed by atoms with E-state index in [2.05, 4.69) is 9.62 Å². The average molecular weight is 604 g/mol. The van der Waals surface area contributed by atoms with Gasteiger partial charge in [-0.25, -0.2) is 8.42 Å². The van der Waals surface area contributed by atoms with Gasteiger partial charge in [0.15, 0.2) is 0 Å². The summed E-state index contributed by atoms with van der Waals surface area (Å²) >= 11 is 0. The van der Waals surface area contributed by atoms with Crippen molar-refractivity contribution in [1.82, 2.24) is 0 Å². The van der Waals surface area contributed by atoms with E-state index >= 15 is 0 Å². The maximum absolute atomic E-state index is 14.6. The molecule has 0 radical (unpaired) electrons. The van der Waals surface area contributed by atoms with Gasteiger partial charge < -0.3 is 9.64 Å². The number of ether oxygens (including phenoxy) is 1. The number of anilines is 3. The molecule has 222 valence electrons. The molecule has 0 aromatic heterocycles. The molecule has 1 aliphatic heterocycles. The van der Waals surface area contributed by atoms with Gasteiger partial charge in [-0.05, 0) is 79.6 Å². The summed E-state index contributed by atoms with van der Waals surface area (Å²) in [7, 11) is -2.36. The number of benzene rings is 5. The number of nitrogens with one attached hydrogen (secondary N) is 1. The van der Waals surface area contributed by atoms with Crippen LogP contribution < -0.4 is 19.3 Å². The van der Waals surface area contributed by atoms with Gasteiger partial charge in [0, 0.05) is 17.9 Å². The molecule has 5 aromatic carbocycles. The molecular formula is C36H33N3O4S. The van der Waals surface area contributed by atoms with E-state index in [1.54, 1.807) is 36.3 Å². The highest BCUT2D eigenvalue weighted by atomic mass is 32.2. The second-order valence-electron chi connectivity index (χ2n) is 10.9. The lowest BCUT2D eigenvalue weighted by atomic mass is 9.98. The monoisotopic (exact) mass is 603 g/mol. The van der Waals surface area contributed by atoms with Crippen molar-refractivity contribution < 1.29 is 17.9 Å². The van der Waals surface area contributed by atoms with Crippen molar-refractivity contribution in [2.24, 2.45) is 0 Å². The molecule has 5 aromatic rings. The van der Waals surface area contributed by atoms with E-state index in [9.17, 15) is 13.2 Å². The summed E-state index contributed by atoms with van der Waals surface area (Å²) < 4.78 is 35.3. The van der Waals surface area contributed by atoms with Crippen molar-refractivity contribution >= 4 is 33.0 Å². The van der Waals surface area contributed by atoms with Gasteiger partial charge in [0.05, 0.1) is 23.3 Å². The lowest BCUT2D eigenvalue weighted by Crippen LogP contribution is -2.49. The van der Waals surface area contributed by atoms with Gasteiger partial charge in [-0.2, -0.15) is 0 Å². The minimum atomic E-state index is -3.98. The third-order valence-electron chi connectivity index (χ3n) is 7.78. The molecule has 6 rings (SSSR count). The lowest BCUT2D eigenvalue weighted by molar-refractivity contribution is 0.0968. The summed E-state index contributed by atoms with van der Waals surface area (Å²) in [4.78, 5) is 18.5. The van der Waals surface area contributed by atoms with Crippen LogP contribution in [0.1, 0.15) is 38.8 Å². The molecule has 8 heteroatoms. The molecule has 1 aliphatic rings. The number of hydrogen-bond acceptors (Lipinski definition) is 5. The predicted octanol–water partition coefficient (Wildman–Crippen LogP) is 7.48. The van der Waals surface area contributed by atoms with Crippen molar-refractivity contribution in [1.29, 1.82) is 0 Å². The highest BCUT2D eigenvalue weighted by molar-refractivity contribution is 7.92. The minimum absolute atomic E-state index is 0.00789. The van der Waals surface area contributed by atoms with Gasteiger partial charge in [0.25, 0.3) is 15.9 Å². The van der Waals surface area contributed by atoms with Crippen LogP contribution in [-0.4, -0.2) is 21.4 Å². The number of hydrogen-bond donors (Lipinski definition) is 1. The summed E-state index contributed by atoms with van der Waals surface area (Å²) in [5.74, 6) is 0.376. The van der Waals surface area contributed by atoms with Crippen LogP contribution in [0.3, 0.4) is 0 Å². The fourth-order valence-electron chi connectivity index (χ4n) is 5.50. The van der Waals surface area contributed by atoms with Crippen LogP contribution in [0.5, 0.6) is 5.75 Å². The van der Waals surface area contributed by atoms with Gasteiger partial charge in [0.1, 0.15) is 11.9 Å². The molecule has 1 amide bonds. The molecule has 1 N–H and O–H groups in total. The van der Waals surface area contributed by atoms with Crippen LogP contribution in [0, 0.1) is 13.8 Å². The maximum atomic E-state index is 14.6. The van der Waals surface area contributed by atoms with Gasteiger partial charge in [-0.3, -0.25) is 14.4 Å². The second-order valence-corrected chi connectivity index (χ2v) is 12.6. The number of methoxy groups -OCH3 is 1. The second kappa shape index (κ2) is 11.9. The largest absolute Gasteiger partial charge is 0.497 e. The molecule has 0 saturated carbocycles. The molecule has 0 aliphatic carbocycles. The first-order valence-electron chi connectivity index (χ1n) is 14.3. The van der Waals surface area contributed by atoms with E-state index < -0.39 is 16.2 Å². The normalized spacial score (nSPS) is 14.7. The zero-order chi connectivity index (χ0) is 30.8. The fourth-order valence-corrected chi connectivity index (χ4v) is 6.58. The van der Waals surface area contributed by atoms with Crippen molar-refractivity contribution in [2.45, 2.75) is 31.5 Å². The number of nitrogens with zero attached hydrogens (tertiary/aromatic N) is 2. The Balaban J connectivity index is 1.53. The first-order valence-corrected chi connectivity index (χ1v) is 15.8.